The average Bonchev–Trinajstić information content (AvgIpc) is 2.60. The third-order valence-corrected chi connectivity index (χ3v) is 4.32. The Kier molecular flexibility index (Phi) is 6.90. The second-order valence-corrected chi connectivity index (χ2v) is 5.87. The number of ether oxygens (including phenoxy) is 1. The molecule has 2 aromatic rings. The highest BCUT2D eigenvalue weighted by molar-refractivity contribution is 14.0. The minimum Gasteiger partial charge on any atom is -0.497 e. The van der Waals surface area contributed by atoms with Crippen molar-refractivity contribution in [2.45, 2.75) is 25.2 Å². The van der Waals surface area contributed by atoms with Crippen molar-refractivity contribution < 1.29 is 4.74 Å². The maximum absolute atomic E-state index is 6.01. The number of hydrogen-bond acceptors (Lipinski definition) is 2. The summed E-state index contributed by atoms with van der Waals surface area (Å²) >= 11 is 0. The first-order valence-corrected chi connectivity index (χ1v) is 8.05. The lowest BCUT2D eigenvalue weighted by Crippen LogP contribution is -2.24. The van der Waals surface area contributed by atoms with Gasteiger partial charge in [0.15, 0.2) is 5.96 Å². The van der Waals surface area contributed by atoms with Crippen LogP contribution in [0.3, 0.4) is 0 Å². The molecular weight excluding hydrogens is 413 g/mol. The van der Waals surface area contributed by atoms with Gasteiger partial charge >= 0.3 is 0 Å². The van der Waals surface area contributed by atoms with Crippen LogP contribution in [0.1, 0.15) is 29.9 Å². The highest BCUT2D eigenvalue weighted by Gasteiger charge is 2.20. The van der Waals surface area contributed by atoms with Gasteiger partial charge in [-0.2, -0.15) is 0 Å². The van der Waals surface area contributed by atoms with Crippen molar-refractivity contribution >= 4 is 35.6 Å². The minimum atomic E-state index is 0. The van der Waals surface area contributed by atoms with Gasteiger partial charge in [-0.15, -0.1) is 24.0 Å². The molecule has 0 heterocycles. The summed E-state index contributed by atoms with van der Waals surface area (Å²) in [4.78, 5) is 4.54. The Bertz CT molecular complexity index is 688. The van der Waals surface area contributed by atoms with Crippen molar-refractivity contribution in [3.8, 4) is 5.75 Å². The number of benzene rings is 2. The van der Waals surface area contributed by atoms with Crippen molar-refractivity contribution in [3.05, 3.63) is 59.7 Å². The van der Waals surface area contributed by atoms with Crippen LogP contribution in [0, 0.1) is 0 Å². The molecule has 128 valence electrons. The molecule has 0 saturated carbocycles. The van der Waals surface area contributed by atoms with E-state index in [1.807, 2.05) is 36.4 Å². The molecule has 0 aliphatic heterocycles. The minimum absolute atomic E-state index is 0. The fourth-order valence-electron chi connectivity index (χ4n) is 3.13. The first-order valence-electron chi connectivity index (χ1n) is 8.05. The van der Waals surface area contributed by atoms with E-state index in [1.165, 1.54) is 17.5 Å². The van der Waals surface area contributed by atoms with Crippen LogP contribution >= 0.6 is 24.0 Å². The lowest BCUT2D eigenvalue weighted by molar-refractivity contribution is 0.413. The van der Waals surface area contributed by atoms with E-state index in [1.54, 1.807) is 7.11 Å². The monoisotopic (exact) mass is 437 g/mol. The SMILES string of the molecule is COc1ccc2c(c1)CCCC2CN=C(N)Nc1ccccc1.I. The van der Waals surface area contributed by atoms with Gasteiger partial charge in [-0.25, -0.2) is 0 Å². The third kappa shape index (κ3) is 4.63. The lowest BCUT2D eigenvalue weighted by Gasteiger charge is -2.24. The number of fused-ring (bicyclic) bond motifs is 1. The zero-order valence-corrected chi connectivity index (χ0v) is 16.2. The molecule has 0 amide bonds. The summed E-state index contributed by atoms with van der Waals surface area (Å²) in [5.74, 6) is 1.83. The molecule has 1 atom stereocenters. The van der Waals surface area contributed by atoms with Crippen LogP contribution in [0.2, 0.25) is 0 Å². The summed E-state index contributed by atoms with van der Waals surface area (Å²) in [7, 11) is 1.71. The second-order valence-electron chi connectivity index (χ2n) is 5.87. The van der Waals surface area contributed by atoms with E-state index in [9.17, 15) is 0 Å². The van der Waals surface area contributed by atoms with E-state index in [4.69, 9.17) is 10.5 Å². The van der Waals surface area contributed by atoms with Gasteiger partial charge < -0.3 is 15.8 Å². The molecule has 2 aromatic carbocycles. The Hall–Kier alpha value is -1.76. The fourth-order valence-corrected chi connectivity index (χ4v) is 3.13. The Morgan fingerprint density at radius 1 is 1.25 bits per heavy atom. The first kappa shape index (κ1) is 18.6. The van der Waals surface area contributed by atoms with E-state index in [-0.39, 0.29) is 24.0 Å². The van der Waals surface area contributed by atoms with Crippen LogP contribution in [0.15, 0.2) is 53.5 Å². The van der Waals surface area contributed by atoms with Gasteiger partial charge in [-0.05, 0) is 54.7 Å². The predicted molar refractivity (Wildman–Crippen MR) is 111 cm³/mol. The fraction of sp³-hybridized carbons (Fsp3) is 0.316. The summed E-state index contributed by atoms with van der Waals surface area (Å²) in [6, 6.07) is 16.2. The maximum Gasteiger partial charge on any atom is 0.193 e. The average molecular weight is 437 g/mol. The normalized spacial score (nSPS) is 16.7. The van der Waals surface area contributed by atoms with Crippen LogP contribution in [0.4, 0.5) is 5.69 Å². The lowest BCUT2D eigenvalue weighted by atomic mass is 9.83. The molecule has 1 aliphatic rings. The van der Waals surface area contributed by atoms with Crippen LogP contribution in [0.25, 0.3) is 0 Å². The molecule has 0 radical (unpaired) electrons. The molecule has 3 rings (SSSR count). The topological polar surface area (TPSA) is 59.6 Å². The molecule has 0 aromatic heterocycles. The number of aliphatic imine (C=N–C) groups is 1. The van der Waals surface area contributed by atoms with Crippen LogP contribution in [-0.2, 0) is 6.42 Å². The molecule has 4 nitrogen and oxygen atoms in total. The predicted octanol–water partition coefficient (Wildman–Crippen LogP) is 4.16. The Labute approximate surface area is 160 Å². The number of methoxy groups -OCH3 is 1. The number of aryl methyl sites for hydroxylation is 1. The standard InChI is InChI=1S/C19H23N3O.HI/c1-23-17-10-11-18-14(12-17)6-5-7-15(18)13-21-19(20)22-16-8-3-2-4-9-16;/h2-4,8-12,15H,5-7,13H2,1H3,(H3,20,21,22);1H. The molecule has 0 saturated heterocycles. The number of nitrogens with two attached hydrogens (primary N) is 1. The van der Waals surface area contributed by atoms with Crippen LogP contribution in [-0.4, -0.2) is 19.6 Å². The highest BCUT2D eigenvalue weighted by atomic mass is 127. The number of para-hydroxylation sites is 1. The quantitative estimate of drug-likeness (QED) is 0.429. The molecule has 0 spiro atoms. The Balaban J connectivity index is 0.00000208. The van der Waals surface area contributed by atoms with Gasteiger partial charge in [0.2, 0.25) is 0 Å². The summed E-state index contributed by atoms with van der Waals surface area (Å²) in [6.45, 7) is 0.713. The van der Waals surface area contributed by atoms with Gasteiger partial charge in [0, 0.05) is 18.2 Å². The highest BCUT2D eigenvalue weighted by Crippen LogP contribution is 2.33. The van der Waals surface area contributed by atoms with E-state index < -0.39 is 0 Å². The van der Waals surface area contributed by atoms with Gasteiger partial charge in [-0.1, -0.05) is 24.3 Å². The molecule has 1 aliphatic carbocycles. The smallest absolute Gasteiger partial charge is 0.193 e. The number of nitrogens with zero attached hydrogens (tertiary/aromatic N) is 1. The van der Waals surface area contributed by atoms with Crippen LogP contribution < -0.4 is 15.8 Å². The third-order valence-electron chi connectivity index (χ3n) is 4.32. The number of hydrogen-bond donors (Lipinski definition) is 2. The molecule has 0 bridgehead atoms. The number of anilines is 1. The van der Waals surface area contributed by atoms with Gasteiger partial charge in [0.25, 0.3) is 0 Å². The Morgan fingerprint density at radius 2 is 2.04 bits per heavy atom. The summed E-state index contributed by atoms with van der Waals surface area (Å²) in [6.07, 6.45) is 3.46. The zero-order valence-electron chi connectivity index (χ0n) is 13.9. The largest absolute Gasteiger partial charge is 0.497 e. The number of guanidine groups is 1. The zero-order chi connectivity index (χ0) is 16.1. The van der Waals surface area contributed by atoms with E-state index in [0.717, 1.165) is 24.3 Å². The Morgan fingerprint density at radius 3 is 2.79 bits per heavy atom. The first-order chi connectivity index (χ1) is 11.3. The molecular formula is C19H24IN3O. The van der Waals surface area contributed by atoms with E-state index in [0.29, 0.717) is 18.4 Å². The second kappa shape index (κ2) is 8.92. The number of halogens is 1. The van der Waals surface area contributed by atoms with Gasteiger partial charge in [0.05, 0.1) is 7.11 Å². The molecule has 1 unspecified atom stereocenters. The van der Waals surface area contributed by atoms with Gasteiger partial charge in [0.1, 0.15) is 5.75 Å². The van der Waals surface area contributed by atoms with Crippen LogP contribution in [0.5, 0.6) is 5.75 Å². The molecule has 24 heavy (non-hydrogen) atoms. The van der Waals surface area contributed by atoms with Gasteiger partial charge in [-0.3, -0.25) is 4.99 Å². The number of nitrogens with one attached hydrogen (secondary N) is 1. The summed E-state index contributed by atoms with van der Waals surface area (Å²) < 4.78 is 5.32. The van der Waals surface area contributed by atoms with Crippen molar-refractivity contribution in [1.82, 2.24) is 0 Å². The van der Waals surface area contributed by atoms with E-state index >= 15 is 0 Å². The molecule has 0 fully saturated rings. The van der Waals surface area contributed by atoms with Crippen molar-refractivity contribution in [3.63, 3.8) is 0 Å². The molecule has 3 N–H and O–H groups in total. The van der Waals surface area contributed by atoms with Crippen molar-refractivity contribution in [2.75, 3.05) is 19.0 Å². The summed E-state index contributed by atoms with van der Waals surface area (Å²) in [5, 5.41) is 3.13. The number of rotatable bonds is 4. The maximum atomic E-state index is 6.01. The van der Waals surface area contributed by atoms with E-state index in [2.05, 4.69) is 22.4 Å². The summed E-state index contributed by atoms with van der Waals surface area (Å²) in [5.41, 5.74) is 9.73. The molecule has 5 heteroatoms. The van der Waals surface area contributed by atoms with Crippen molar-refractivity contribution in [2.24, 2.45) is 10.7 Å². The van der Waals surface area contributed by atoms with Crippen molar-refractivity contribution in [1.29, 1.82) is 0 Å².